The van der Waals surface area contributed by atoms with Crippen LogP contribution in [0, 0.1) is 46.9 Å². The molecule has 22 nitrogen and oxygen atoms in total. The second-order valence-electron chi connectivity index (χ2n) is 29.5. The molecule has 0 radical (unpaired) electrons. The number of halogens is 4. The SMILES string of the molecule is O=C1CCC(C2C(=O)c3ccc(N4CCN(CCC5CCN(c6c(F)cc(-c7ccc8c(c7)[nH]c7ccncc78)cc6F)CC5)CC4)cc3C2=O)C(=O)N1.O=C1CCC(N2C(=O)c3ccc(N4CCNCC4)cc3C2=O)C(=O)N1.O=CCC1CCN(c2c(F)cc(-c3ccc4c(c3)[nH]c3ccncc34)cc2F)CC1. The van der Waals surface area contributed by atoms with Gasteiger partial charge in [-0.15, -0.1) is 0 Å². The van der Waals surface area contributed by atoms with E-state index < -0.39 is 64.8 Å². The highest BCUT2D eigenvalue weighted by Crippen LogP contribution is 2.41. The molecule has 11 heterocycles. The Labute approximate surface area is 623 Å². The molecule has 3 atom stereocenters. The first kappa shape index (κ1) is 71.7. The molecule has 0 spiro atoms. The van der Waals surface area contributed by atoms with E-state index in [0.717, 1.165) is 168 Å². The van der Waals surface area contributed by atoms with Crippen molar-refractivity contribution in [3.8, 4) is 22.3 Å². The number of carbonyl (C=O) groups is 9. The van der Waals surface area contributed by atoms with Gasteiger partial charge in [-0.1, -0.05) is 24.3 Å². The minimum Gasteiger partial charge on any atom is -0.369 e. The highest BCUT2D eigenvalue weighted by Gasteiger charge is 2.48. The van der Waals surface area contributed by atoms with E-state index in [1.54, 1.807) is 47.8 Å². The molecular formula is C83H79F4N13O9. The number of rotatable bonds is 13. The number of aromatic nitrogens is 4. The number of piperidine rings is 4. The van der Waals surface area contributed by atoms with Gasteiger partial charge in [0.2, 0.25) is 23.6 Å². The van der Waals surface area contributed by atoms with Crippen LogP contribution in [0.5, 0.6) is 0 Å². The van der Waals surface area contributed by atoms with Crippen molar-refractivity contribution >= 4 is 120 Å². The molecule has 6 saturated heterocycles. The van der Waals surface area contributed by atoms with Crippen LogP contribution in [0.3, 0.4) is 0 Å². The Morgan fingerprint density at radius 3 is 1.48 bits per heavy atom. The summed E-state index contributed by atoms with van der Waals surface area (Å²) in [7, 11) is 0. The Bertz CT molecular complexity index is 5300. The normalized spacial score (nSPS) is 20.2. The molecule has 26 heteroatoms. The van der Waals surface area contributed by atoms with Gasteiger partial charge in [0.1, 0.15) is 47.0 Å². The molecule has 5 N–H and O–H groups in total. The number of carbonyl (C=O) groups excluding carboxylic acids is 9. The summed E-state index contributed by atoms with van der Waals surface area (Å²) in [6, 6.07) is 30.7. The van der Waals surface area contributed by atoms with Crippen LogP contribution in [0.4, 0.5) is 40.3 Å². The summed E-state index contributed by atoms with van der Waals surface area (Å²) in [5.74, 6) is -6.81. The maximum absolute atomic E-state index is 15.6. The van der Waals surface area contributed by atoms with Gasteiger partial charge in [0.05, 0.1) is 23.0 Å². The number of hydrogen-bond acceptors (Lipinski definition) is 17. The van der Waals surface area contributed by atoms with Crippen LogP contribution in [0.1, 0.15) is 106 Å². The molecular weight excluding hydrogens is 1400 g/mol. The van der Waals surface area contributed by atoms with Crippen LogP contribution in [-0.4, -0.2) is 174 Å². The number of hydrogen-bond donors (Lipinski definition) is 5. The number of pyridine rings is 2. The fraction of sp³-hybridized carbons (Fsp3) is 0.337. The Kier molecular flexibility index (Phi) is 19.9. The van der Waals surface area contributed by atoms with Gasteiger partial charge in [-0.25, -0.2) is 17.6 Å². The summed E-state index contributed by atoms with van der Waals surface area (Å²) < 4.78 is 61.0. The molecule has 6 aromatic carbocycles. The molecule has 10 aromatic rings. The fourth-order valence-corrected chi connectivity index (χ4v) is 17.1. The number of imide groups is 3. The number of aldehydes is 1. The lowest BCUT2D eigenvalue weighted by Crippen LogP contribution is -2.54. The van der Waals surface area contributed by atoms with Gasteiger partial charge >= 0.3 is 0 Å². The van der Waals surface area contributed by atoms with Crippen LogP contribution in [0.2, 0.25) is 0 Å². The van der Waals surface area contributed by atoms with Crippen LogP contribution in [0.15, 0.2) is 134 Å². The zero-order valence-corrected chi connectivity index (χ0v) is 59.7. The van der Waals surface area contributed by atoms with Gasteiger partial charge in [-0.05, 0) is 171 Å². The molecule has 8 aliphatic rings. The summed E-state index contributed by atoms with van der Waals surface area (Å²) in [5.41, 5.74) is 9.43. The number of amides is 6. The van der Waals surface area contributed by atoms with Crippen molar-refractivity contribution in [2.24, 2.45) is 23.7 Å². The highest BCUT2D eigenvalue weighted by molar-refractivity contribution is 6.28. The van der Waals surface area contributed by atoms with Crippen molar-refractivity contribution in [1.82, 2.24) is 45.7 Å². The number of Topliss-reactive ketones (excluding diaryl/α,β-unsaturated/α-hetero) is 2. The minimum absolute atomic E-state index is 0.0288. The summed E-state index contributed by atoms with van der Waals surface area (Å²) in [5, 5.41) is 11.8. The third kappa shape index (κ3) is 14.2. The first-order valence-corrected chi connectivity index (χ1v) is 37.4. The van der Waals surface area contributed by atoms with E-state index in [9.17, 15) is 51.9 Å². The largest absolute Gasteiger partial charge is 0.369 e. The van der Waals surface area contributed by atoms with E-state index in [4.69, 9.17) is 0 Å². The van der Waals surface area contributed by atoms with Crippen molar-refractivity contribution in [3.63, 3.8) is 0 Å². The number of ketones is 2. The molecule has 558 valence electrons. The standard InChI is InChI=1S/C42H40F2N6O4.C24H21F2N3O.C17H18N4O4/c43-33-19-26(25-1-3-28-32-23-45-11-7-35(32)46-36(28)21-25)20-34(44)39(33)50-13-9-24(10-14-50)8-12-48-15-17-49(18-16-48)27-2-4-29-31(22-27)41(53)38(40(29)52)30-5-6-37(51)47-42(30)54;25-20-11-17(12-21(26)24(20)29-8-4-15(5-9-29)6-10-30)16-1-2-18-19-14-27-7-3-22(19)28-23(18)13-16;22-14-4-3-13(15(23)19-14)21-16(24)11-2-1-10(9-12(11)17(21)25)20-7-5-18-6-8-20/h1-4,7,11,19-24,30,38,46H,5-6,8-10,12-18H2,(H,47,51,54);1-3,7,10-15,28H,4-6,8-9H2;1-2,9,13,18H,3-8H2,(H,19,22,23). The molecule has 4 aromatic heterocycles. The molecule has 1 aliphatic carbocycles. The first-order valence-electron chi connectivity index (χ1n) is 37.4. The molecule has 0 saturated carbocycles. The molecule has 6 fully saturated rings. The minimum atomic E-state index is -1.07. The fourth-order valence-electron chi connectivity index (χ4n) is 17.1. The molecule has 3 unspecified atom stereocenters. The van der Waals surface area contributed by atoms with E-state index in [-0.39, 0.29) is 60.4 Å². The van der Waals surface area contributed by atoms with Gasteiger partial charge in [-0.2, -0.15) is 0 Å². The van der Waals surface area contributed by atoms with Crippen LogP contribution >= 0.6 is 0 Å². The van der Waals surface area contributed by atoms with Gasteiger partial charge in [0, 0.05) is 189 Å². The number of piperazine rings is 2. The Hall–Kier alpha value is -11.5. The zero-order valence-electron chi connectivity index (χ0n) is 59.7. The number of benzene rings is 6. The second kappa shape index (κ2) is 30.3. The van der Waals surface area contributed by atoms with Crippen LogP contribution in [0.25, 0.3) is 65.9 Å². The second-order valence-corrected chi connectivity index (χ2v) is 29.5. The van der Waals surface area contributed by atoms with E-state index in [2.05, 4.69) is 50.6 Å². The molecule has 109 heavy (non-hydrogen) atoms. The molecule has 18 rings (SSSR count). The monoisotopic (exact) mass is 1480 g/mol. The third-order valence-electron chi connectivity index (χ3n) is 23.1. The zero-order chi connectivity index (χ0) is 75.3. The van der Waals surface area contributed by atoms with Gasteiger partial charge in [0.15, 0.2) is 11.6 Å². The predicted molar refractivity (Wildman–Crippen MR) is 404 cm³/mol. The topological polar surface area (TPSA) is 267 Å². The van der Waals surface area contributed by atoms with Crippen molar-refractivity contribution in [2.75, 3.05) is 105 Å². The molecule has 0 bridgehead atoms. The Balaban J connectivity index is 0.000000138. The quantitative estimate of drug-likeness (QED) is 0.0311. The lowest BCUT2D eigenvalue weighted by atomic mass is 9.82. The first-order chi connectivity index (χ1) is 52.9. The van der Waals surface area contributed by atoms with Crippen LogP contribution in [-0.2, 0) is 24.0 Å². The summed E-state index contributed by atoms with van der Waals surface area (Å²) in [6.07, 6.45) is 13.4. The van der Waals surface area contributed by atoms with Crippen molar-refractivity contribution < 1.29 is 60.7 Å². The third-order valence-corrected chi connectivity index (χ3v) is 23.1. The predicted octanol–water partition coefficient (Wildman–Crippen LogP) is 11.1. The maximum atomic E-state index is 15.6. The number of aromatic amines is 2. The van der Waals surface area contributed by atoms with Gasteiger partial charge in [-0.3, -0.25) is 68.8 Å². The van der Waals surface area contributed by atoms with E-state index in [1.165, 1.54) is 24.3 Å². The lowest BCUT2D eigenvalue weighted by molar-refractivity contribution is -0.138. The summed E-state index contributed by atoms with van der Waals surface area (Å²) in [4.78, 5) is 137. The number of fused-ring (bicyclic) bond motifs is 8. The average Bonchev–Trinajstić information content (AvgIpc) is 1.64. The summed E-state index contributed by atoms with van der Waals surface area (Å²) >= 11 is 0. The molecule has 6 amide bonds. The maximum Gasteiger partial charge on any atom is 0.262 e. The van der Waals surface area contributed by atoms with Crippen molar-refractivity contribution in [3.05, 3.63) is 180 Å². The number of nitrogens with zero attached hydrogens (tertiary/aromatic N) is 8. The number of anilines is 4. The average molecular weight is 1480 g/mol. The van der Waals surface area contributed by atoms with E-state index >= 15 is 8.78 Å². The number of H-pyrrole nitrogens is 2. The highest BCUT2D eigenvalue weighted by atomic mass is 19.1. The van der Waals surface area contributed by atoms with Crippen molar-refractivity contribution in [2.45, 2.75) is 70.3 Å². The van der Waals surface area contributed by atoms with E-state index in [1.807, 2.05) is 71.8 Å². The Morgan fingerprint density at radius 2 is 0.936 bits per heavy atom. The molecule has 7 aliphatic heterocycles. The lowest BCUT2D eigenvalue weighted by Gasteiger charge is -2.38. The smallest absolute Gasteiger partial charge is 0.262 e. The van der Waals surface area contributed by atoms with Crippen molar-refractivity contribution in [1.29, 1.82) is 0 Å². The van der Waals surface area contributed by atoms with Gasteiger partial charge < -0.3 is 39.7 Å². The number of nitrogens with one attached hydrogen (secondary N) is 5. The van der Waals surface area contributed by atoms with Crippen LogP contribution < -0.4 is 35.6 Å². The van der Waals surface area contributed by atoms with Gasteiger partial charge in [0.25, 0.3) is 11.8 Å². The van der Waals surface area contributed by atoms with E-state index in [0.29, 0.717) is 77.8 Å². The Morgan fingerprint density at radius 1 is 0.440 bits per heavy atom. The summed E-state index contributed by atoms with van der Waals surface area (Å²) in [6.45, 7) is 9.92.